The van der Waals surface area contributed by atoms with Crippen LogP contribution in [0.4, 0.5) is 5.13 Å². The van der Waals surface area contributed by atoms with Gasteiger partial charge >= 0.3 is 0 Å². The number of thiazole rings is 1. The Morgan fingerprint density at radius 1 is 1.02 bits per heavy atom. The fraction of sp³-hybridized carbons (Fsp3) is 0.156. The maximum Gasteiger partial charge on any atom is 0.296 e. The third kappa shape index (κ3) is 4.56. The number of anilines is 1. The van der Waals surface area contributed by atoms with Gasteiger partial charge in [-0.3, -0.25) is 14.5 Å². The van der Waals surface area contributed by atoms with Crippen molar-refractivity contribution in [2.24, 2.45) is 0 Å². The van der Waals surface area contributed by atoms with Crippen LogP contribution in [0.3, 0.4) is 0 Å². The number of ketones is 1. The summed E-state index contributed by atoms with van der Waals surface area (Å²) in [5.74, 6) is -0.605. The summed E-state index contributed by atoms with van der Waals surface area (Å²) in [5, 5.41) is 11.5. The van der Waals surface area contributed by atoms with Crippen LogP contribution in [0.15, 0.2) is 94.6 Å². The van der Waals surface area contributed by atoms with Gasteiger partial charge in [0.25, 0.3) is 5.91 Å². The second kappa shape index (κ2) is 10.1. The maximum atomic E-state index is 13.6. The Kier molecular flexibility index (Phi) is 6.48. The zero-order chi connectivity index (χ0) is 28.0. The number of nitrogens with zero attached hydrogens (tertiary/aromatic N) is 2. The number of Topliss-reactive ketones (excluding diaryl/α,β-unsaturated/α-hetero) is 1. The average Bonchev–Trinajstić information content (AvgIpc) is 3.64. The Labute approximate surface area is 235 Å². The van der Waals surface area contributed by atoms with Gasteiger partial charge in [-0.1, -0.05) is 59.9 Å². The van der Waals surface area contributed by atoms with Gasteiger partial charge in [-0.05, 0) is 73.4 Å². The predicted molar refractivity (Wildman–Crippen MR) is 154 cm³/mol. The van der Waals surface area contributed by atoms with Crippen molar-refractivity contribution in [3.05, 3.63) is 124 Å². The first-order valence-electron chi connectivity index (χ1n) is 12.8. The van der Waals surface area contributed by atoms with Crippen LogP contribution >= 0.6 is 11.3 Å². The highest BCUT2D eigenvalue weighted by atomic mass is 32.1. The van der Waals surface area contributed by atoms with Gasteiger partial charge in [-0.2, -0.15) is 0 Å². The summed E-state index contributed by atoms with van der Waals surface area (Å²) in [6.45, 7) is 6.11. The van der Waals surface area contributed by atoms with Gasteiger partial charge < -0.3 is 14.3 Å². The molecule has 200 valence electrons. The highest BCUT2D eigenvalue weighted by Gasteiger charge is 2.46. The standard InChI is InChI=1S/C32H26N2O5S/c1-18-15-19(2)27-25(16-18)40-32(33-27)34-28(26(30(36)31(34)37)29(35)24-14-9-20(3)39-24)22-10-12-23(13-11-22)38-17-21-7-5-4-6-8-21/h4-16,28,36H,17H2,1-3H3. The van der Waals surface area contributed by atoms with Crippen LogP contribution in [-0.2, 0) is 11.4 Å². The topological polar surface area (TPSA) is 92.9 Å². The molecule has 3 heterocycles. The molecule has 1 unspecified atom stereocenters. The van der Waals surface area contributed by atoms with Crippen molar-refractivity contribution in [1.82, 2.24) is 4.98 Å². The summed E-state index contributed by atoms with van der Waals surface area (Å²) in [4.78, 5) is 33.4. The van der Waals surface area contributed by atoms with E-state index < -0.39 is 23.5 Å². The fourth-order valence-corrected chi connectivity index (χ4v) is 6.16. The van der Waals surface area contributed by atoms with Crippen LogP contribution in [0.25, 0.3) is 10.2 Å². The number of fused-ring (bicyclic) bond motifs is 1. The lowest BCUT2D eigenvalue weighted by atomic mass is 9.95. The lowest BCUT2D eigenvalue weighted by Gasteiger charge is -2.24. The molecule has 1 aliphatic heterocycles. The Morgan fingerprint density at radius 2 is 1.77 bits per heavy atom. The van der Waals surface area contributed by atoms with E-state index >= 15 is 0 Å². The minimum atomic E-state index is -0.907. The van der Waals surface area contributed by atoms with E-state index in [0.717, 1.165) is 26.9 Å². The van der Waals surface area contributed by atoms with Gasteiger partial charge in [0.2, 0.25) is 5.78 Å². The molecule has 8 heteroatoms. The summed E-state index contributed by atoms with van der Waals surface area (Å²) in [7, 11) is 0. The number of aromatic nitrogens is 1. The summed E-state index contributed by atoms with van der Waals surface area (Å²) < 4.78 is 12.4. The van der Waals surface area contributed by atoms with Crippen LogP contribution in [0, 0.1) is 20.8 Å². The number of rotatable bonds is 7. The number of ether oxygens (including phenoxy) is 1. The predicted octanol–water partition coefficient (Wildman–Crippen LogP) is 7.18. The third-order valence-electron chi connectivity index (χ3n) is 6.89. The highest BCUT2D eigenvalue weighted by molar-refractivity contribution is 7.22. The van der Waals surface area contributed by atoms with Gasteiger partial charge in [0.05, 0.1) is 21.8 Å². The van der Waals surface area contributed by atoms with Crippen LogP contribution in [0.1, 0.15) is 44.6 Å². The maximum absolute atomic E-state index is 13.6. The molecule has 3 aromatic carbocycles. The molecular weight excluding hydrogens is 524 g/mol. The SMILES string of the molecule is Cc1cc(C)c2nc(N3C(=O)C(O)=C(C(=O)c4ccc(C)o4)C3c3ccc(OCc4ccccc4)cc3)sc2c1. The number of amides is 1. The molecule has 1 N–H and O–H groups in total. The van der Waals surface area contributed by atoms with Gasteiger partial charge in [0.1, 0.15) is 18.1 Å². The molecule has 0 fully saturated rings. The molecule has 1 atom stereocenters. The average molecular weight is 551 g/mol. The van der Waals surface area contributed by atoms with Gasteiger partial charge in [-0.25, -0.2) is 4.98 Å². The van der Waals surface area contributed by atoms with Crippen molar-refractivity contribution in [1.29, 1.82) is 0 Å². The smallest absolute Gasteiger partial charge is 0.296 e. The Bertz CT molecular complexity index is 1780. The number of aryl methyl sites for hydroxylation is 3. The molecule has 7 nitrogen and oxygen atoms in total. The van der Waals surface area contributed by atoms with Gasteiger partial charge in [0, 0.05) is 0 Å². The van der Waals surface area contributed by atoms with Crippen LogP contribution in [0.5, 0.6) is 5.75 Å². The molecule has 6 rings (SSSR count). The Balaban J connectivity index is 1.41. The van der Waals surface area contributed by atoms with Crippen LogP contribution < -0.4 is 9.64 Å². The quantitative estimate of drug-likeness (QED) is 0.216. The molecule has 0 radical (unpaired) electrons. The summed E-state index contributed by atoms with van der Waals surface area (Å²) in [6, 6.07) is 23.4. The van der Waals surface area contributed by atoms with Crippen LogP contribution in [-0.4, -0.2) is 21.8 Å². The molecule has 0 aliphatic carbocycles. The Hall–Kier alpha value is -4.69. The first-order chi connectivity index (χ1) is 19.3. The van der Waals surface area contributed by atoms with Crippen molar-refractivity contribution in [3.8, 4) is 5.75 Å². The number of hydrogen-bond acceptors (Lipinski definition) is 7. The molecule has 1 amide bonds. The number of carbonyl (C=O) groups excluding carboxylic acids is 2. The first kappa shape index (κ1) is 25.6. The van der Waals surface area contributed by atoms with E-state index in [2.05, 4.69) is 0 Å². The minimum absolute atomic E-state index is 0.0514. The molecule has 0 bridgehead atoms. The van der Waals surface area contributed by atoms with E-state index in [1.54, 1.807) is 43.3 Å². The summed E-state index contributed by atoms with van der Waals surface area (Å²) in [5.41, 5.74) is 4.46. The second-order valence-electron chi connectivity index (χ2n) is 9.85. The second-order valence-corrected chi connectivity index (χ2v) is 10.9. The number of aliphatic hydroxyl groups is 1. The van der Waals surface area contributed by atoms with Crippen molar-refractivity contribution in [3.63, 3.8) is 0 Å². The molecule has 2 aromatic heterocycles. The third-order valence-corrected chi connectivity index (χ3v) is 7.89. The van der Waals surface area contributed by atoms with E-state index in [1.165, 1.54) is 16.2 Å². The normalized spacial score (nSPS) is 15.3. The van der Waals surface area contributed by atoms with Crippen molar-refractivity contribution in [2.45, 2.75) is 33.4 Å². The molecule has 40 heavy (non-hydrogen) atoms. The molecule has 0 saturated heterocycles. The largest absolute Gasteiger partial charge is 0.503 e. The van der Waals surface area contributed by atoms with E-state index in [1.807, 2.05) is 56.3 Å². The van der Waals surface area contributed by atoms with Gasteiger partial charge in [-0.15, -0.1) is 0 Å². The van der Waals surface area contributed by atoms with E-state index in [4.69, 9.17) is 14.1 Å². The Morgan fingerprint density at radius 3 is 2.48 bits per heavy atom. The number of furan rings is 1. The molecule has 0 spiro atoms. The highest BCUT2D eigenvalue weighted by Crippen LogP contribution is 2.45. The minimum Gasteiger partial charge on any atom is -0.503 e. The lowest BCUT2D eigenvalue weighted by molar-refractivity contribution is -0.117. The number of benzene rings is 3. The van der Waals surface area contributed by atoms with Crippen molar-refractivity contribution >= 4 is 38.4 Å². The zero-order valence-electron chi connectivity index (χ0n) is 22.2. The van der Waals surface area contributed by atoms with Crippen LogP contribution in [0.2, 0.25) is 0 Å². The van der Waals surface area contributed by atoms with E-state index in [9.17, 15) is 14.7 Å². The number of aliphatic hydroxyl groups excluding tert-OH is 1. The summed E-state index contributed by atoms with van der Waals surface area (Å²) in [6.07, 6.45) is 0. The van der Waals surface area contributed by atoms with Crippen molar-refractivity contribution in [2.75, 3.05) is 4.90 Å². The lowest BCUT2D eigenvalue weighted by Crippen LogP contribution is -2.30. The summed E-state index contributed by atoms with van der Waals surface area (Å²) >= 11 is 1.35. The zero-order valence-corrected chi connectivity index (χ0v) is 23.0. The number of hydrogen-bond donors (Lipinski definition) is 1. The molecule has 0 saturated carbocycles. The monoisotopic (exact) mass is 550 g/mol. The molecule has 1 aliphatic rings. The first-order valence-corrected chi connectivity index (χ1v) is 13.6. The molecule has 5 aromatic rings. The van der Waals surface area contributed by atoms with E-state index in [-0.39, 0.29) is 11.3 Å². The molecular formula is C32H26N2O5S. The van der Waals surface area contributed by atoms with Gasteiger partial charge in [0.15, 0.2) is 16.7 Å². The number of carbonyl (C=O) groups is 2. The van der Waals surface area contributed by atoms with Crippen molar-refractivity contribution < 1.29 is 23.8 Å². The van der Waals surface area contributed by atoms with E-state index in [0.29, 0.717) is 28.8 Å². The fourth-order valence-electron chi connectivity index (χ4n) is 4.99.